The van der Waals surface area contributed by atoms with Crippen LogP contribution in [0.1, 0.15) is 5.56 Å². The third-order valence-electron chi connectivity index (χ3n) is 1.78. The molecule has 0 aliphatic rings. The first-order valence-corrected chi connectivity index (χ1v) is 5.59. The molecule has 0 bridgehead atoms. The summed E-state index contributed by atoms with van der Waals surface area (Å²) in [7, 11) is 0. The molecule has 0 heterocycles. The Morgan fingerprint density at radius 1 is 1.38 bits per heavy atom. The predicted octanol–water partition coefficient (Wildman–Crippen LogP) is 2.84. The molecule has 0 saturated carbocycles. The summed E-state index contributed by atoms with van der Waals surface area (Å²) in [6.07, 6.45) is -5.12. The van der Waals surface area contributed by atoms with Gasteiger partial charge in [0, 0.05) is 5.33 Å². The molecule has 1 aromatic carbocycles. The molecule has 0 aliphatic carbocycles. The van der Waals surface area contributed by atoms with Gasteiger partial charge in [-0.2, -0.15) is 13.2 Å². The highest BCUT2D eigenvalue weighted by atomic mass is 79.9. The van der Waals surface area contributed by atoms with Crippen LogP contribution < -0.4 is 4.74 Å². The van der Waals surface area contributed by atoms with Gasteiger partial charge in [0.1, 0.15) is 12.4 Å². The Balaban J connectivity index is 2.68. The smallest absolute Gasteiger partial charge is 0.416 e. The number of rotatable bonds is 4. The van der Waals surface area contributed by atoms with Crippen molar-refractivity contribution < 1.29 is 23.0 Å². The van der Waals surface area contributed by atoms with E-state index in [1.165, 1.54) is 12.1 Å². The number of halogens is 4. The summed E-state index contributed by atoms with van der Waals surface area (Å²) >= 11 is 3.02. The van der Waals surface area contributed by atoms with Crippen LogP contribution in [0.5, 0.6) is 5.75 Å². The van der Waals surface area contributed by atoms with Crippen LogP contribution in [-0.4, -0.2) is 23.1 Å². The van der Waals surface area contributed by atoms with Crippen molar-refractivity contribution in [3.63, 3.8) is 0 Å². The number of hydrogen-bond donors (Lipinski definition) is 1. The fraction of sp³-hybridized carbons (Fsp3) is 0.400. The summed E-state index contributed by atoms with van der Waals surface area (Å²) in [6.45, 7) is -0.0490. The van der Waals surface area contributed by atoms with Crippen molar-refractivity contribution in [2.45, 2.75) is 12.3 Å². The molecule has 6 heteroatoms. The maximum Gasteiger partial charge on any atom is 0.416 e. The Kier molecular flexibility index (Phi) is 4.61. The Hall–Kier alpha value is -0.750. The molecule has 1 N–H and O–H groups in total. The van der Waals surface area contributed by atoms with Gasteiger partial charge in [-0.3, -0.25) is 0 Å². The monoisotopic (exact) mass is 298 g/mol. The fourth-order valence-corrected chi connectivity index (χ4v) is 1.19. The molecule has 0 aliphatic heterocycles. The number of ether oxygens (including phenoxy) is 1. The summed E-state index contributed by atoms with van der Waals surface area (Å²) in [5, 5.41) is 9.47. The molecule has 1 aromatic rings. The summed E-state index contributed by atoms with van der Waals surface area (Å²) in [5.74, 6) is 0.0924. The second kappa shape index (κ2) is 5.54. The molecular weight excluding hydrogens is 289 g/mol. The van der Waals surface area contributed by atoms with Crippen LogP contribution in [0.15, 0.2) is 24.3 Å². The van der Waals surface area contributed by atoms with Crippen LogP contribution in [-0.2, 0) is 6.18 Å². The number of aliphatic hydroxyl groups excluding tert-OH is 1. The van der Waals surface area contributed by atoms with Gasteiger partial charge < -0.3 is 9.84 Å². The van der Waals surface area contributed by atoms with Crippen LogP contribution >= 0.6 is 15.9 Å². The maximum atomic E-state index is 12.3. The van der Waals surface area contributed by atoms with Gasteiger partial charge in [-0.05, 0) is 18.2 Å². The first-order valence-electron chi connectivity index (χ1n) is 4.47. The third-order valence-corrected chi connectivity index (χ3v) is 2.53. The molecule has 0 amide bonds. The lowest BCUT2D eigenvalue weighted by molar-refractivity contribution is -0.137. The molecule has 0 aromatic heterocycles. The normalized spacial score (nSPS) is 13.6. The summed E-state index contributed by atoms with van der Waals surface area (Å²) in [6, 6.07) is 4.55. The molecule has 1 rings (SSSR count). The van der Waals surface area contributed by atoms with E-state index in [2.05, 4.69) is 15.9 Å². The number of alkyl halides is 4. The summed E-state index contributed by atoms with van der Waals surface area (Å²) < 4.78 is 42.0. The van der Waals surface area contributed by atoms with E-state index in [0.717, 1.165) is 12.1 Å². The highest BCUT2D eigenvalue weighted by molar-refractivity contribution is 9.09. The molecule has 2 nitrogen and oxygen atoms in total. The zero-order valence-corrected chi connectivity index (χ0v) is 9.75. The van der Waals surface area contributed by atoms with Crippen molar-refractivity contribution >= 4 is 15.9 Å². The Labute approximate surface area is 99.2 Å². The quantitative estimate of drug-likeness (QED) is 0.866. The molecule has 0 radical (unpaired) electrons. The summed E-state index contributed by atoms with van der Waals surface area (Å²) in [5.41, 5.74) is -0.765. The Morgan fingerprint density at radius 2 is 2.06 bits per heavy atom. The molecule has 16 heavy (non-hydrogen) atoms. The van der Waals surface area contributed by atoms with Gasteiger partial charge in [0.05, 0.1) is 11.7 Å². The standard InChI is InChI=1S/C10H10BrF3O2/c11-5-8(15)6-16-9-3-1-2-7(4-9)10(12,13)14/h1-4,8,15H,5-6H2. The van der Waals surface area contributed by atoms with E-state index in [0.29, 0.717) is 5.33 Å². The number of hydrogen-bond acceptors (Lipinski definition) is 2. The molecule has 1 atom stereocenters. The van der Waals surface area contributed by atoms with Crippen molar-refractivity contribution in [1.82, 2.24) is 0 Å². The van der Waals surface area contributed by atoms with Gasteiger partial charge in [0.25, 0.3) is 0 Å². The topological polar surface area (TPSA) is 29.5 Å². The zero-order valence-electron chi connectivity index (χ0n) is 8.17. The van der Waals surface area contributed by atoms with Gasteiger partial charge in [-0.1, -0.05) is 22.0 Å². The van der Waals surface area contributed by atoms with E-state index in [1.807, 2.05) is 0 Å². The van der Waals surface area contributed by atoms with Gasteiger partial charge in [0.15, 0.2) is 0 Å². The molecule has 0 spiro atoms. The van der Waals surface area contributed by atoms with E-state index in [-0.39, 0.29) is 12.4 Å². The lowest BCUT2D eigenvalue weighted by Gasteiger charge is -2.12. The first-order chi connectivity index (χ1) is 7.43. The van der Waals surface area contributed by atoms with Crippen LogP contribution in [0, 0.1) is 0 Å². The number of aliphatic hydroxyl groups is 1. The van der Waals surface area contributed by atoms with E-state index < -0.39 is 17.8 Å². The third kappa shape index (κ3) is 4.02. The maximum absolute atomic E-state index is 12.3. The van der Waals surface area contributed by atoms with E-state index in [9.17, 15) is 13.2 Å². The largest absolute Gasteiger partial charge is 0.491 e. The minimum absolute atomic E-state index is 0.0490. The Bertz CT molecular complexity index is 341. The van der Waals surface area contributed by atoms with Crippen LogP contribution in [0.3, 0.4) is 0 Å². The lowest BCUT2D eigenvalue weighted by Crippen LogP contribution is -2.18. The first kappa shape index (κ1) is 13.3. The minimum atomic E-state index is -4.38. The second-order valence-electron chi connectivity index (χ2n) is 3.14. The van der Waals surface area contributed by atoms with E-state index >= 15 is 0 Å². The van der Waals surface area contributed by atoms with Crippen molar-refractivity contribution in [3.8, 4) is 5.75 Å². The lowest BCUT2D eigenvalue weighted by atomic mass is 10.2. The number of benzene rings is 1. The SMILES string of the molecule is OC(CBr)COc1cccc(C(F)(F)F)c1. The van der Waals surface area contributed by atoms with Crippen LogP contribution in [0.25, 0.3) is 0 Å². The minimum Gasteiger partial charge on any atom is -0.491 e. The second-order valence-corrected chi connectivity index (χ2v) is 3.79. The molecule has 1 unspecified atom stereocenters. The fourth-order valence-electron chi connectivity index (χ4n) is 0.999. The van der Waals surface area contributed by atoms with Crippen molar-refractivity contribution in [3.05, 3.63) is 29.8 Å². The van der Waals surface area contributed by atoms with E-state index in [4.69, 9.17) is 9.84 Å². The molecule has 90 valence electrons. The van der Waals surface area contributed by atoms with Gasteiger partial charge in [-0.25, -0.2) is 0 Å². The van der Waals surface area contributed by atoms with Gasteiger partial charge >= 0.3 is 6.18 Å². The van der Waals surface area contributed by atoms with Gasteiger partial charge in [-0.15, -0.1) is 0 Å². The van der Waals surface area contributed by atoms with Gasteiger partial charge in [0.2, 0.25) is 0 Å². The highest BCUT2D eigenvalue weighted by Gasteiger charge is 2.30. The molecular formula is C10H10BrF3O2. The average Bonchev–Trinajstić information content (AvgIpc) is 2.25. The van der Waals surface area contributed by atoms with Crippen LogP contribution in [0.4, 0.5) is 13.2 Å². The molecule has 0 saturated heterocycles. The summed E-state index contributed by atoms with van der Waals surface area (Å²) in [4.78, 5) is 0. The Morgan fingerprint density at radius 3 is 2.62 bits per heavy atom. The molecule has 0 fully saturated rings. The zero-order chi connectivity index (χ0) is 12.2. The van der Waals surface area contributed by atoms with Crippen molar-refractivity contribution in [1.29, 1.82) is 0 Å². The van der Waals surface area contributed by atoms with Crippen molar-refractivity contribution in [2.75, 3.05) is 11.9 Å². The van der Waals surface area contributed by atoms with E-state index in [1.54, 1.807) is 0 Å². The van der Waals surface area contributed by atoms with Crippen molar-refractivity contribution in [2.24, 2.45) is 0 Å². The average molecular weight is 299 g/mol. The highest BCUT2D eigenvalue weighted by Crippen LogP contribution is 2.31. The predicted molar refractivity (Wildman–Crippen MR) is 56.7 cm³/mol. The van der Waals surface area contributed by atoms with Crippen LogP contribution in [0.2, 0.25) is 0 Å².